The standard InChI is InChI=1S/C12H18N4O2/c1-7(12(17)18)5-6-16-11(13-14-15-16)10-8-3-2-4-9(8)10/h7-10H,2-6H2,1H3,(H,17,18). The van der Waals surface area contributed by atoms with Crippen LogP contribution in [0.3, 0.4) is 0 Å². The lowest BCUT2D eigenvalue weighted by Crippen LogP contribution is -2.15. The van der Waals surface area contributed by atoms with Gasteiger partial charge in [0.15, 0.2) is 5.82 Å². The Bertz CT molecular complexity index is 449. The van der Waals surface area contributed by atoms with Crippen LogP contribution in [0.4, 0.5) is 0 Å². The molecule has 6 nitrogen and oxygen atoms in total. The molecule has 3 unspecified atom stereocenters. The largest absolute Gasteiger partial charge is 0.481 e. The minimum atomic E-state index is -0.757. The maximum absolute atomic E-state index is 10.8. The van der Waals surface area contributed by atoms with E-state index in [9.17, 15) is 4.79 Å². The number of aliphatic carboxylic acids is 1. The van der Waals surface area contributed by atoms with Gasteiger partial charge in [-0.25, -0.2) is 4.68 Å². The van der Waals surface area contributed by atoms with Gasteiger partial charge >= 0.3 is 5.97 Å². The Morgan fingerprint density at radius 2 is 2.22 bits per heavy atom. The zero-order valence-electron chi connectivity index (χ0n) is 10.5. The molecule has 1 aromatic rings. The maximum atomic E-state index is 10.8. The molecule has 0 aliphatic heterocycles. The summed E-state index contributed by atoms with van der Waals surface area (Å²) in [4.78, 5) is 10.8. The predicted molar refractivity (Wildman–Crippen MR) is 62.8 cm³/mol. The topological polar surface area (TPSA) is 80.9 Å². The van der Waals surface area contributed by atoms with Gasteiger partial charge in [0.25, 0.3) is 0 Å². The molecule has 2 aliphatic rings. The molecule has 6 heteroatoms. The van der Waals surface area contributed by atoms with Gasteiger partial charge in [0.2, 0.25) is 0 Å². The van der Waals surface area contributed by atoms with Crippen molar-refractivity contribution < 1.29 is 9.90 Å². The molecule has 1 heterocycles. The molecule has 1 N–H and O–H groups in total. The Labute approximate surface area is 105 Å². The van der Waals surface area contributed by atoms with Crippen LogP contribution in [0.1, 0.15) is 44.3 Å². The molecule has 0 radical (unpaired) electrons. The van der Waals surface area contributed by atoms with E-state index in [1.165, 1.54) is 19.3 Å². The summed E-state index contributed by atoms with van der Waals surface area (Å²) in [6, 6.07) is 0. The minimum Gasteiger partial charge on any atom is -0.481 e. The van der Waals surface area contributed by atoms with Crippen LogP contribution in [0.5, 0.6) is 0 Å². The van der Waals surface area contributed by atoms with Gasteiger partial charge in [0, 0.05) is 12.5 Å². The number of aryl methyl sites for hydroxylation is 1. The van der Waals surface area contributed by atoms with E-state index in [2.05, 4.69) is 15.5 Å². The highest BCUT2D eigenvalue weighted by Gasteiger charge is 2.55. The zero-order valence-corrected chi connectivity index (χ0v) is 10.5. The molecule has 0 bridgehead atoms. The highest BCUT2D eigenvalue weighted by molar-refractivity contribution is 5.69. The van der Waals surface area contributed by atoms with Gasteiger partial charge in [-0.05, 0) is 41.5 Å². The van der Waals surface area contributed by atoms with Crippen molar-refractivity contribution in [1.29, 1.82) is 0 Å². The summed E-state index contributed by atoms with van der Waals surface area (Å²) < 4.78 is 1.81. The van der Waals surface area contributed by atoms with Crippen molar-refractivity contribution in [3.63, 3.8) is 0 Å². The zero-order chi connectivity index (χ0) is 12.7. The number of aromatic nitrogens is 4. The third kappa shape index (κ3) is 1.89. The van der Waals surface area contributed by atoms with Gasteiger partial charge in [0.1, 0.15) is 0 Å². The third-order valence-electron chi connectivity index (χ3n) is 4.46. The number of carbonyl (C=O) groups is 1. The van der Waals surface area contributed by atoms with Crippen molar-refractivity contribution in [3.8, 4) is 0 Å². The first kappa shape index (κ1) is 11.6. The molecular weight excluding hydrogens is 232 g/mol. The highest BCUT2D eigenvalue weighted by atomic mass is 16.4. The number of nitrogens with zero attached hydrogens (tertiary/aromatic N) is 4. The monoisotopic (exact) mass is 250 g/mol. The molecule has 3 rings (SSSR count). The van der Waals surface area contributed by atoms with Crippen LogP contribution in [0, 0.1) is 17.8 Å². The van der Waals surface area contributed by atoms with Gasteiger partial charge in [-0.2, -0.15) is 0 Å². The highest BCUT2D eigenvalue weighted by Crippen LogP contribution is 2.62. The molecule has 0 saturated heterocycles. The Kier molecular flexibility index (Phi) is 2.80. The summed E-state index contributed by atoms with van der Waals surface area (Å²) in [5, 5.41) is 20.8. The first-order chi connectivity index (χ1) is 8.68. The molecule has 2 fully saturated rings. The summed E-state index contributed by atoms with van der Waals surface area (Å²) >= 11 is 0. The number of hydrogen-bond acceptors (Lipinski definition) is 4. The van der Waals surface area contributed by atoms with Crippen molar-refractivity contribution in [1.82, 2.24) is 20.2 Å². The molecule has 2 saturated carbocycles. The number of carboxylic acid groups (broad SMARTS) is 1. The van der Waals surface area contributed by atoms with Crippen molar-refractivity contribution >= 4 is 5.97 Å². The fourth-order valence-electron chi connectivity index (χ4n) is 3.25. The van der Waals surface area contributed by atoms with Crippen molar-refractivity contribution in [2.24, 2.45) is 17.8 Å². The molecule has 2 aliphatic carbocycles. The third-order valence-corrected chi connectivity index (χ3v) is 4.46. The van der Waals surface area contributed by atoms with Gasteiger partial charge in [0.05, 0.1) is 5.92 Å². The summed E-state index contributed by atoms with van der Waals surface area (Å²) in [5.74, 6) is 1.98. The van der Waals surface area contributed by atoms with Gasteiger partial charge < -0.3 is 5.11 Å². The van der Waals surface area contributed by atoms with Crippen LogP contribution >= 0.6 is 0 Å². The number of carboxylic acids is 1. The summed E-state index contributed by atoms with van der Waals surface area (Å²) in [7, 11) is 0. The van der Waals surface area contributed by atoms with Gasteiger partial charge in [-0.3, -0.25) is 4.79 Å². The Hall–Kier alpha value is -1.46. The quantitative estimate of drug-likeness (QED) is 0.851. The number of tetrazole rings is 1. The minimum absolute atomic E-state index is 0.347. The van der Waals surface area contributed by atoms with Gasteiger partial charge in [-0.1, -0.05) is 13.3 Å². The average molecular weight is 250 g/mol. The molecule has 1 aromatic heterocycles. The van der Waals surface area contributed by atoms with E-state index < -0.39 is 5.97 Å². The van der Waals surface area contributed by atoms with Crippen LogP contribution < -0.4 is 0 Å². The average Bonchev–Trinajstić information content (AvgIpc) is 2.76. The summed E-state index contributed by atoms with van der Waals surface area (Å²) in [5.41, 5.74) is 0. The molecule has 98 valence electrons. The van der Waals surface area contributed by atoms with E-state index in [-0.39, 0.29) is 5.92 Å². The van der Waals surface area contributed by atoms with Crippen molar-refractivity contribution in [2.45, 2.75) is 45.1 Å². The van der Waals surface area contributed by atoms with Crippen LogP contribution in [0.2, 0.25) is 0 Å². The number of fused-ring (bicyclic) bond motifs is 1. The SMILES string of the molecule is CC(CCn1nnnc1C1C2CCCC21)C(=O)O. The molecule has 18 heavy (non-hydrogen) atoms. The van der Waals surface area contributed by atoms with E-state index >= 15 is 0 Å². The summed E-state index contributed by atoms with van der Waals surface area (Å²) in [6.07, 6.45) is 4.51. The molecule has 0 spiro atoms. The Morgan fingerprint density at radius 3 is 2.89 bits per heavy atom. The first-order valence-corrected chi connectivity index (χ1v) is 6.67. The Balaban J connectivity index is 1.64. The fourth-order valence-corrected chi connectivity index (χ4v) is 3.25. The van der Waals surface area contributed by atoms with Crippen LogP contribution in [0.25, 0.3) is 0 Å². The lowest BCUT2D eigenvalue weighted by Gasteiger charge is -2.08. The maximum Gasteiger partial charge on any atom is 0.306 e. The molecule has 3 atom stereocenters. The lowest BCUT2D eigenvalue weighted by molar-refractivity contribution is -0.141. The number of rotatable bonds is 5. The first-order valence-electron chi connectivity index (χ1n) is 6.67. The lowest BCUT2D eigenvalue weighted by atomic mass is 10.1. The van der Waals surface area contributed by atoms with E-state index in [0.717, 1.165) is 17.7 Å². The van der Waals surface area contributed by atoms with E-state index in [1.807, 2.05) is 4.68 Å². The van der Waals surface area contributed by atoms with E-state index in [0.29, 0.717) is 18.9 Å². The molecule has 0 aromatic carbocycles. The van der Waals surface area contributed by atoms with Gasteiger partial charge in [-0.15, -0.1) is 5.10 Å². The molecule has 0 amide bonds. The molecular formula is C12H18N4O2. The van der Waals surface area contributed by atoms with E-state index in [4.69, 9.17) is 5.11 Å². The van der Waals surface area contributed by atoms with E-state index in [1.54, 1.807) is 6.92 Å². The van der Waals surface area contributed by atoms with Crippen LogP contribution in [0.15, 0.2) is 0 Å². The second-order valence-corrected chi connectivity index (χ2v) is 5.57. The smallest absolute Gasteiger partial charge is 0.306 e. The summed E-state index contributed by atoms with van der Waals surface area (Å²) in [6.45, 7) is 2.32. The van der Waals surface area contributed by atoms with Crippen LogP contribution in [-0.2, 0) is 11.3 Å². The number of hydrogen-bond donors (Lipinski definition) is 1. The van der Waals surface area contributed by atoms with Crippen molar-refractivity contribution in [3.05, 3.63) is 5.82 Å². The Morgan fingerprint density at radius 1 is 1.50 bits per heavy atom. The predicted octanol–water partition coefficient (Wildman–Crippen LogP) is 1.30. The second kappa shape index (κ2) is 4.33. The second-order valence-electron chi connectivity index (χ2n) is 5.57. The normalized spacial score (nSPS) is 31.1. The fraction of sp³-hybridized carbons (Fsp3) is 0.833. The van der Waals surface area contributed by atoms with Crippen LogP contribution in [-0.4, -0.2) is 31.3 Å². The van der Waals surface area contributed by atoms with Crippen molar-refractivity contribution in [2.75, 3.05) is 0 Å².